The predicted octanol–water partition coefficient (Wildman–Crippen LogP) is 2.50. The van der Waals surface area contributed by atoms with Crippen LogP contribution >= 0.6 is 11.8 Å². The van der Waals surface area contributed by atoms with Crippen molar-refractivity contribution in [3.8, 4) is 0 Å². The summed E-state index contributed by atoms with van der Waals surface area (Å²) in [5.41, 5.74) is 7.65. The fourth-order valence-corrected chi connectivity index (χ4v) is 3.17. The monoisotopic (exact) mass is 251 g/mol. The Morgan fingerprint density at radius 2 is 2.06 bits per heavy atom. The lowest BCUT2D eigenvalue weighted by molar-refractivity contribution is 0.0510. The second-order valence-corrected chi connectivity index (χ2v) is 6.17. The summed E-state index contributed by atoms with van der Waals surface area (Å²) >= 11 is 1.71. The molecule has 0 aliphatic heterocycles. The largest absolute Gasteiger partial charge is 0.387 e. The lowest BCUT2D eigenvalue weighted by Crippen LogP contribution is -2.42. The number of aliphatic hydroxyl groups is 1. The molecule has 1 fully saturated rings. The summed E-state index contributed by atoms with van der Waals surface area (Å²) in [4.78, 5) is 1.22. The van der Waals surface area contributed by atoms with Crippen LogP contribution in [0, 0.1) is 19.8 Å². The van der Waals surface area contributed by atoms with Crippen molar-refractivity contribution in [2.24, 2.45) is 11.7 Å². The lowest BCUT2D eigenvalue weighted by atomic mass is 10.0. The van der Waals surface area contributed by atoms with Gasteiger partial charge in [0.15, 0.2) is 0 Å². The Balaban J connectivity index is 1.98. The highest BCUT2D eigenvalue weighted by Gasteiger charge is 2.42. The second-order valence-electron chi connectivity index (χ2n) is 5.12. The van der Waals surface area contributed by atoms with Crippen LogP contribution in [0.15, 0.2) is 23.1 Å². The molecule has 0 bridgehead atoms. The number of hydrogen-bond acceptors (Lipinski definition) is 3. The van der Waals surface area contributed by atoms with Gasteiger partial charge in [0.2, 0.25) is 0 Å². The van der Waals surface area contributed by atoms with Crippen LogP contribution in [-0.2, 0) is 0 Å². The average molecular weight is 251 g/mol. The number of benzene rings is 1. The zero-order valence-corrected chi connectivity index (χ0v) is 11.4. The van der Waals surface area contributed by atoms with Crippen LogP contribution in [0.25, 0.3) is 0 Å². The van der Waals surface area contributed by atoms with Crippen LogP contribution in [0.4, 0.5) is 0 Å². The van der Waals surface area contributed by atoms with Crippen LogP contribution < -0.4 is 5.73 Å². The molecule has 0 radical (unpaired) electrons. The highest BCUT2D eigenvalue weighted by atomic mass is 32.2. The van der Waals surface area contributed by atoms with E-state index in [0.717, 1.165) is 12.8 Å². The minimum atomic E-state index is -0.663. The van der Waals surface area contributed by atoms with Crippen LogP contribution in [0.3, 0.4) is 0 Å². The molecular weight excluding hydrogens is 230 g/mol. The van der Waals surface area contributed by atoms with Crippen molar-refractivity contribution in [1.82, 2.24) is 0 Å². The summed E-state index contributed by atoms with van der Waals surface area (Å²) in [6.45, 7) is 4.61. The third-order valence-corrected chi connectivity index (χ3v) is 4.89. The van der Waals surface area contributed by atoms with Gasteiger partial charge < -0.3 is 10.8 Å². The molecule has 17 heavy (non-hydrogen) atoms. The van der Waals surface area contributed by atoms with E-state index in [1.54, 1.807) is 11.8 Å². The van der Waals surface area contributed by atoms with Crippen molar-refractivity contribution >= 4 is 11.8 Å². The summed E-state index contributed by atoms with van der Waals surface area (Å²) in [7, 11) is 0. The number of aryl methyl sites for hydroxylation is 2. The first-order chi connectivity index (χ1) is 8.05. The van der Waals surface area contributed by atoms with Crippen molar-refractivity contribution in [3.05, 3.63) is 29.3 Å². The second kappa shape index (κ2) is 5.01. The van der Waals surface area contributed by atoms with E-state index in [9.17, 15) is 5.11 Å². The third-order valence-electron chi connectivity index (χ3n) is 3.66. The number of nitrogens with two attached hydrogens (primary N) is 1. The fraction of sp³-hybridized carbons (Fsp3) is 0.571. The molecule has 1 aliphatic rings. The molecule has 0 saturated heterocycles. The molecule has 1 atom stereocenters. The van der Waals surface area contributed by atoms with Gasteiger partial charge in [0.05, 0.1) is 5.60 Å². The normalized spacial score (nSPS) is 19.1. The van der Waals surface area contributed by atoms with E-state index in [-0.39, 0.29) is 0 Å². The lowest BCUT2D eigenvalue weighted by Gasteiger charge is -2.26. The molecule has 94 valence electrons. The van der Waals surface area contributed by atoms with Crippen LogP contribution in [0.2, 0.25) is 0 Å². The summed E-state index contributed by atoms with van der Waals surface area (Å²) in [6.07, 6.45) is 2.25. The van der Waals surface area contributed by atoms with Gasteiger partial charge in [0.1, 0.15) is 0 Å². The van der Waals surface area contributed by atoms with E-state index in [4.69, 9.17) is 5.73 Å². The minimum absolute atomic E-state index is 0.371. The maximum Gasteiger partial charge on any atom is 0.0890 e. The van der Waals surface area contributed by atoms with Crippen molar-refractivity contribution in [2.45, 2.75) is 37.2 Å². The molecule has 3 heteroatoms. The Hall–Kier alpha value is -0.510. The predicted molar refractivity (Wildman–Crippen MR) is 73.4 cm³/mol. The van der Waals surface area contributed by atoms with Crippen LogP contribution in [-0.4, -0.2) is 23.0 Å². The van der Waals surface area contributed by atoms with Gasteiger partial charge in [-0.2, -0.15) is 0 Å². The highest BCUT2D eigenvalue weighted by molar-refractivity contribution is 7.99. The van der Waals surface area contributed by atoms with Gasteiger partial charge in [-0.3, -0.25) is 0 Å². The maximum atomic E-state index is 10.4. The SMILES string of the molecule is Cc1ccc(SCC(O)(CN)C2CC2)cc1C. The summed E-state index contributed by atoms with van der Waals surface area (Å²) in [6, 6.07) is 6.44. The molecule has 3 N–H and O–H groups in total. The van der Waals surface area contributed by atoms with Crippen molar-refractivity contribution in [2.75, 3.05) is 12.3 Å². The molecule has 1 aromatic rings. The summed E-state index contributed by atoms with van der Waals surface area (Å²) in [5, 5.41) is 10.4. The minimum Gasteiger partial charge on any atom is -0.387 e. The average Bonchev–Trinajstić information content (AvgIpc) is 3.14. The van der Waals surface area contributed by atoms with E-state index in [0.29, 0.717) is 18.2 Å². The summed E-state index contributed by atoms with van der Waals surface area (Å²) in [5.74, 6) is 1.13. The zero-order valence-electron chi connectivity index (χ0n) is 10.6. The number of hydrogen-bond donors (Lipinski definition) is 2. The first kappa shape index (κ1) is 12.9. The molecular formula is C14H21NOS. The van der Waals surface area contributed by atoms with E-state index in [2.05, 4.69) is 32.0 Å². The molecule has 1 saturated carbocycles. The van der Waals surface area contributed by atoms with Gasteiger partial charge >= 0.3 is 0 Å². The zero-order chi connectivity index (χ0) is 12.5. The molecule has 0 amide bonds. The van der Waals surface area contributed by atoms with Gasteiger partial charge in [0.25, 0.3) is 0 Å². The first-order valence-corrected chi connectivity index (χ1v) is 7.16. The molecule has 1 unspecified atom stereocenters. The van der Waals surface area contributed by atoms with Gasteiger partial charge in [-0.1, -0.05) is 6.07 Å². The van der Waals surface area contributed by atoms with E-state index in [1.807, 2.05) is 0 Å². The topological polar surface area (TPSA) is 46.2 Å². The van der Waals surface area contributed by atoms with E-state index in [1.165, 1.54) is 16.0 Å². The molecule has 2 nitrogen and oxygen atoms in total. The Morgan fingerprint density at radius 1 is 1.35 bits per heavy atom. The van der Waals surface area contributed by atoms with E-state index < -0.39 is 5.60 Å². The molecule has 2 rings (SSSR count). The van der Waals surface area contributed by atoms with Gasteiger partial charge in [-0.25, -0.2) is 0 Å². The molecule has 0 heterocycles. The van der Waals surface area contributed by atoms with Crippen molar-refractivity contribution in [1.29, 1.82) is 0 Å². The van der Waals surface area contributed by atoms with Gasteiger partial charge in [0, 0.05) is 17.2 Å². The Labute approximate surface area is 108 Å². The first-order valence-electron chi connectivity index (χ1n) is 6.17. The van der Waals surface area contributed by atoms with Crippen LogP contribution in [0.5, 0.6) is 0 Å². The van der Waals surface area contributed by atoms with Gasteiger partial charge in [-0.15, -0.1) is 11.8 Å². The molecule has 1 aliphatic carbocycles. The highest BCUT2D eigenvalue weighted by Crippen LogP contribution is 2.41. The number of rotatable bonds is 5. The third kappa shape index (κ3) is 3.03. The van der Waals surface area contributed by atoms with E-state index >= 15 is 0 Å². The van der Waals surface area contributed by atoms with Gasteiger partial charge in [-0.05, 0) is 55.9 Å². The molecule has 0 aromatic heterocycles. The number of thioether (sulfide) groups is 1. The van der Waals surface area contributed by atoms with Crippen molar-refractivity contribution < 1.29 is 5.11 Å². The standard InChI is InChI=1S/C14H21NOS/c1-10-3-6-13(7-11(10)2)17-9-14(16,8-15)12-4-5-12/h3,6-7,12,16H,4-5,8-9,15H2,1-2H3. The summed E-state index contributed by atoms with van der Waals surface area (Å²) < 4.78 is 0. The maximum absolute atomic E-state index is 10.4. The van der Waals surface area contributed by atoms with Crippen LogP contribution in [0.1, 0.15) is 24.0 Å². The Morgan fingerprint density at radius 3 is 2.59 bits per heavy atom. The molecule has 1 aromatic carbocycles. The Kier molecular flexibility index (Phi) is 3.81. The molecule has 0 spiro atoms. The fourth-order valence-electron chi connectivity index (χ4n) is 1.98. The van der Waals surface area contributed by atoms with Crippen molar-refractivity contribution in [3.63, 3.8) is 0 Å². The Bertz CT molecular complexity index is 403. The smallest absolute Gasteiger partial charge is 0.0890 e. The quantitative estimate of drug-likeness (QED) is 0.790.